The molecule has 4 aliphatic rings. The predicted molar refractivity (Wildman–Crippen MR) is 509 cm³/mol. The topological polar surface area (TPSA) is 245 Å². The number of rotatable bonds is 37. The van der Waals surface area contributed by atoms with E-state index < -0.39 is 0 Å². The number of nitrogens with one attached hydrogen (secondary N) is 4. The maximum absolute atomic E-state index is 9.63. The van der Waals surface area contributed by atoms with E-state index in [-0.39, 0.29) is 0 Å². The predicted octanol–water partition coefficient (Wildman–Crippen LogP) is 17.5. The van der Waals surface area contributed by atoms with E-state index in [1.54, 1.807) is 36.4 Å². The lowest BCUT2D eigenvalue weighted by Gasteiger charge is -2.34. The summed E-state index contributed by atoms with van der Waals surface area (Å²) >= 11 is 0. The molecule has 4 aromatic heterocycles. The van der Waals surface area contributed by atoms with Crippen molar-refractivity contribution in [2.24, 2.45) is 5.92 Å². The molecular weight excluding hydrogens is 1560 g/mol. The molecule has 20 nitrogen and oxygen atoms in total. The van der Waals surface area contributed by atoms with Crippen LogP contribution in [0.5, 0.6) is 23.0 Å². The van der Waals surface area contributed by atoms with E-state index in [1.807, 2.05) is 110 Å². The molecule has 0 bridgehead atoms. The van der Waals surface area contributed by atoms with Crippen LogP contribution in [-0.4, -0.2) is 183 Å². The molecule has 8 heterocycles. The molecular formula is C106H132N16O4. The number of hydrogen-bond donors (Lipinski definition) is 8. The highest BCUT2D eigenvalue weighted by Gasteiger charge is 2.25. The quantitative estimate of drug-likeness (QED) is 0.0180. The molecule has 3 atom stereocenters. The second-order valence-electron chi connectivity index (χ2n) is 34.0. The van der Waals surface area contributed by atoms with Crippen molar-refractivity contribution in [2.75, 3.05) is 85.1 Å². The maximum Gasteiger partial charge on any atom is 0.128 e. The summed E-state index contributed by atoms with van der Waals surface area (Å²) in [6.07, 6.45) is 24.6. The van der Waals surface area contributed by atoms with Gasteiger partial charge in [-0.3, -0.25) is 19.6 Å². The fourth-order valence-corrected chi connectivity index (χ4v) is 17.7. The second kappa shape index (κ2) is 49.8. The van der Waals surface area contributed by atoms with Gasteiger partial charge in [-0.2, -0.15) is 0 Å². The molecule has 8 N–H and O–H groups in total. The summed E-state index contributed by atoms with van der Waals surface area (Å²) in [7, 11) is 0. The van der Waals surface area contributed by atoms with Gasteiger partial charge in [-0.05, 0) is 296 Å². The van der Waals surface area contributed by atoms with Crippen LogP contribution in [0, 0.1) is 5.92 Å². The fourth-order valence-electron chi connectivity index (χ4n) is 17.7. The van der Waals surface area contributed by atoms with Crippen molar-refractivity contribution in [2.45, 2.75) is 181 Å². The Hall–Kier alpha value is -11.0. The largest absolute Gasteiger partial charge is 0.508 e. The smallest absolute Gasteiger partial charge is 0.128 e. The van der Waals surface area contributed by atoms with Crippen LogP contribution in [-0.2, 0) is 77.5 Å². The highest BCUT2D eigenvalue weighted by Crippen LogP contribution is 2.29. The summed E-state index contributed by atoms with van der Waals surface area (Å²) in [5.74, 6) is 5.54. The summed E-state index contributed by atoms with van der Waals surface area (Å²) in [5, 5.41) is 52.0. The van der Waals surface area contributed by atoms with Gasteiger partial charge in [0.15, 0.2) is 0 Å². The summed E-state index contributed by atoms with van der Waals surface area (Å²) < 4.78 is 0. The lowest BCUT2D eigenvalue weighted by atomic mass is 10.0. The minimum absolute atomic E-state index is 0.309. The average Bonchev–Trinajstić information content (AvgIpc) is 0.992. The Morgan fingerprint density at radius 1 is 0.286 bits per heavy atom. The van der Waals surface area contributed by atoms with Gasteiger partial charge < -0.3 is 41.7 Å². The Kier molecular flexibility index (Phi) is 36.6. The van der Waals surface area contributed by atoms with E-state index in [2.05, 4.69) is 186 Å². The summed E-state index contributed by atoms with van der Waals surface area (Å²) in [6, 6.07) is 74.8. The molecule has 126 heavy (non-hydrogen) atoms. The molecule has 2 unspecified atom stereocenters. The van der Waals surface area contributed by atoms with Gasteiger partial charge in [0, 0.05) is 137 Å². The molecule has 0 saturated carbocycles. The van der Waals surface area contributed by atoms with Crippen molar-refractivity contribution < 1.29 is 20.4 Å². The lowest BCUT2D eigenvalue weighted by molar-refractivity contribution is 0.162. The van der Waals surface area contributed by atoms with Crippen molar-refractivity contribution in [3.63, 3.8) is 0 Å². The molecule has 0 aliphatic carbocycles. The number of likely N-dealkylation sites (N-methyl/N-ethyl adjacent to an activating group) is 2. The van der Waals surface area contributed by atoms with Crippen LogP contribution in [0.2, 0.25) is 0 Å². The van der Waals surface area contributed by atoms with Gasteiger partial charge in [0.25, 0.3) is 0 Å². The Morgan fingerprint density at radius 3 is 0.937 bits per heavy atom. The number of aryl methyl sites for hydroxylation is 8. The number of benzene rings is 8. The molecule has 4 saturated heterocycles. The van der Waals surface area contributed by atoms with E-state index in [0.717, 1.165) is 274 Å². The monoisotopic (exact) mass is 1690 g/mol. The fraction of sp³-hybridized carbons (Fsp3) is 0.396. The third-order valence-corrected chi connectivity index (χ3v) is 24.7. The molecule has 660 valence electrons. The summed E-state index contributed by atoms with van der Waals surface area (Å²) in [6.45, 7) is 27.3. The highest BCUT2D eigenvalue weighted by molar-refractivity contribution is 5.62. The number of aromatic nitrogens is 8. The molecule has 4 fully saturated rings. The van der Waals surface area contributed by atoms with Crippen molar-refractivity contribution >= 4 is 0 Å². The van der Waals surface area contributed by atoms with Crippen LogP contribution in [0.4, 0.5) is 0 Å². The lowest BCUT2D eigenvalue weighted by Crippen LogP contribution is -2.42. The number of aromatic hydroxyl groups is 4. The van der Waals surface area contributed by atoms with Gasteiger partial charge in [0.05, 0.1) is 22.8 Å². The Morgan fingerprint density at radius 2 is 0.603 bits per heavy atom. The van der Waals surface area contributed by atoms with Crippen LogP contribution in [0.25, 0.3) is 45.0 Å². The minimum Gasteiger partial charge on any atom is -0.508 e. The zero-order chi connectivity index (χ0) is 87.3. The first kappa shape index (κ1) is 92.6. The second-order valence-corrected chi connectivity index (χ2v) is 34.0. The molecule has 4 aliphatic heterocycles. The zero-order valence-electron chi connectivity index (χ0n) is 74.6. The first-order valence-electron chi connectivity index (χ1n) is 46.4. The third kappa shape index (κ3) is 29.8. The molecule has 16 rings (SSSR count). The molecule has 0 spiro atoms. The van der Waals surface area contributed by atoms with Crippen LogP contribution in [0.3, 0.4) is 0 Å². The van der Waals surface area contributed by atoms with Crippen molar-refractivity contribution in [1.29, 1.82) is 0 Å². The number of phenols is 4. The summed E-state index contributed by atoms with van der Waals surface area (Å²) in [5.41, 5.74) is 18.6. The van der Waals surface area contributed by atoms with Crippen molar-refractivity contribution in [3.05, 3.63) is 311 Å². The van der Waals surface area contributed by atoms with Gasteiger partial charge in [-0.15, -0.1) is 0 Å². The van der Waals surface area contributed by atoms with Crippen LogP contribution in [0.1, 0.15) is 153 Å². The van der Waals surface area contributed by atoms with Crippen molar-refractivity contribution in [3.8, 4) is 68.0 Å². The highest BCUT2D eigenvalue weighted by atomic mass is 16.3. The van der Waals surface area contributed by atoms with Gasteiger partial charge in [-0.1, -0.05) is 149 Å². The van der Waals surface area contributed by atoms with E-state index in [0.29, 0.717) is 41.1 Å². The number of hydrogen-bond acceptors (Lipinski definition) is 20. The summed E-state index contributed by atoms with van der Waals surface area (Å²) in [4.78, 5) is 47.5. The number of nitrogens with zero attached hydrogens (tertiary/aromatic N) is 12. The first-order valence-corrected chi connectivity index (χ1v) is 46.4. The minimum atomic E-state index is 0.309. The number of piperidine rings is 1. The van der Waals surface area contributed by atoms with Gasteiger partial charge in [0.1, 0.15) is 46.3 Å². The van der Waals surface area contributed by atoms with Crippen LogP contribution < -0.4 is 21.3 Å². The maximum atomic E-state index is 9.63. The first-order chi connectivity index (χ1) is 61.8. The zero-order valence-corrected chi connectivity index (χ0v) is 74.6. The van der Waals surface area contributed by atoms with Crippen LogP contribution >= 0.6 is 0 Å². The van der Waals surface area contributed by atoms with Crippen LogP contribution in [0.15, 0.2) is 243 Å². The standard InChI is InChI=1S/2C27H34N4O.2C26H32N4O/c1-2-31(24-12-15-28-16-13-24)20-22-8-3-9-23(18-22)26-14-17-29-27(30-26)11-5-7-21-6-4-10-25(32)19-21;1-2-31(20-23-13-15-28-18-23)19-22-6-3-7-24(17-22)26-14-16-29-27(30-26)8-4-5-21-9-11-25(32)12-10-21;1-2-30(23-12-14-27-18-23)19-21-8-3-9-22(16-21)25-13-15-28-26(29-25)11-5-7-20-6-4-10-24(31)17-20;1-2-30(23-13-15-27-18-23)19-21-6-3-7-22(17-21)25-14-16-28-26(29-25)8-4-5-20-9-11-24(31)12-10-20/h3-4,6,8-10,14,17-19,24,28,32H,2,5,7,11-13,15-16,20H2,1H3;3,6-7,9-12,14,16-17,23,28,32H,2,4-5,8,13,15,18-20H2,1H3;3-4,6,8-10,13,15-17,23,27,31H,2,5,7,11-12,14,18-19H2,1H3;3,6-7,9-12,14,16-17,23,27,31H,2,4-5,8,13,15,18-19H2,1H3/t;23-;;/m.1../s1. The molecule has 0 amide bonds. The van der Waals surface area contributed by atoms with E-state index in [1.165, 1.54) is 65.5 Å². The molecule has 0 radical (unpaired) electrons. The number of phenolic OH excluding ortho intramolecular Hbond substituents is 4. The molecule has 20 heteroatoms. The Labute approximate surface area is 748 Å². The van der Waals surface area contributed by atoms with E-state index in [4.69, 9.17) is 19.9 Å². The van der Waals surface area contributed by atoms with Gasteiger partial charge in [0.2, 0.25) is 0 Å². The Bertz CT molecular complexity index is 5230. The van der Waals surface area contributed by atoms with E-state index >= 15 is 0 Å². The normalized spacial score (nSPS) is 15.7. The third-order valence-electron chi connectivity index (χ3n) is 24.7. The van der Waals surface area contributed by atoms with E-state index in [9.17, 15) is 20.4 Å². The SMILES string of the molecule is CCN(Cc1cccc(-c2ccnc(CCCc3ccc(O)cc3)n2)c1)C1CCNC1.CCN(Cc1cccc(-c2ccnc(CCCc3ccc(O)cc3)n2)c1)C[C@@H]1CCNC1.CCN(Cc1cccc(-c2ccnc(CCCc3cccc(O)c3)n2)c1)C1CCNC1.CCN(Cc1cccc(-c2ccnc(CCCc3cccc(O)c3)n2)c1)C1CCNCC1. The Balaban J connectivity index is 0.000000144. The van der Waals surface area contributed by atoms with Gasteiger partial charge >= 0.3 is 0 Å². The average molecular weight is 1690 g/mol. The molecule has 8 aromatic carbocycles. The van der Waals surface area contributed by atoms with Gasteiger partial charge in [-0.25, -0.2) is 39.9 Å². The van der Waals surface area contributed by atoms with Crippen molar-refractivity contribution in [1.82, 2.24) is 80.7 Å². The molecule has 12 aromatic rings.